The molecule has 1 atom stereocenters. The van der Waals surface area contributed by atoms with Gasteiger partial charge < -0.3 is 10.1 Å². The van der Waals surface area contributed by atoms with E-state index in [-0.39, 0.29) is 11.0 Å². The van der Waals surface area contributed by atoms with Crippen molar-refractivity contribution in [1.82, 2.24) is 4.90 Å². The van der Waals surface area contributed by atoms with Gasteiger partial charge in [0.2, 0.25) is 5.91 Å². The summed E-state index contributed by atoms with van der Waals surface area (Å²) in [5, 5.41) is 2.85. The van der Waals surface area contributed by atoms with Crippen LogP contribution in [0.25, 0.3) is 6.08 Å². The van der Waals surface area contributed by atoms with Gasteiger partial charge >= 0.3 is 0 Å². The first kappa shape index (κ1) is 23.2. The van der Waals surface area contributed by atoms with Crippen LogP contribution in [0.2, 0.25) is 10.0 Å². The Balaban J connectivity index is 1.69. The molecule has 0 aromatic heterocycles. The molecule has 0 saturated carbocycles. The number of nitrogens with zero attached hydrogens (tertiary/aromatic N) is 1. The molecular formula is C22H20Cl2N2O4S. The molecule has 1 fully saturated rings. The van der Waals surface area contributed by atoms with Crippen molar-refractivity contribution in [2.24, 2.45) is 0 Å². The molecule has 3 amide bonds. The van der Waals surface area contributed by atoms with E-state index in [2.05, 4.69) is 5.32 Å². The minimum Gasteiger partial charge on any atom is -0.489 e. The van der Waals surface area contributed by atoms with E-state index in [1.165, 1.54) is 0 Å². The summed E-state index contributed by atoms with van der Waals surface area (Å²) in [5.41, 5.74) is 1.05. The van der Waals surface area contributed by atoms with Crippen molar-refractivity contribution in [1.29, 1.82) is 0 Å². The fourth-order valence-electron chi connectivity index (χ4n) is 2.69. The number of nitrogens with one attached hydrogen (secondary N) is 1. The van der Waals surface area contributed by atoms with E-state index in [0.717, 1.165) is 23.1 Å². The normalized spacial score (nSPS) is 16.0. The lowest BCUT2D eigenvalue weighted by molar-refractivity contribution is -0.127. The molecule has 3 rings (SSSR count). The molecule has 0 radical (unpaired) electrons. The van der Waals surface area contributed by atoms with Gasteiger partial charge in [0.1, 0.15) is 12.3 Å². The number of anilines is 1. The number of hydrogen-bond donors (Lipinski definition) is 1. The Morgan fingerprint density at radius 1 is 1.19 bits per heavy atom. The maximum atomic E-state index is 12.7. The molecule has 2 aromatic carbocycles. The maximum Gasteiger partial charge on any atom is 0.294 e. The second-order valence-corrected chi connectivity index (χ2v) is 8.63. The minimum atomic E-state index is -0.541. The van der Waals surface area contributed by atoms with E-state index in [0.29, 0.717) is 27.0 Å². The van der Waals surface area contributed by atoms with Gasteiger partial charge in [-0.05, 0) is 61.0 Å². The van der Waals surface area contributed by atoms with Crippen molar-refractivity contribution >= 4 is 63.8 Å². The van der Waals surface area contributed by atoms with Gasteiger partial charge in [-0.3, -0.25) is 19.3 Å². The highest BCUT2D eigenvalue weighted by molar-refractivity contribution is 8.18. The Morgan fingerprint density at radius 2 is 1.94 bits per heavy atom. The Bertz CT molecular complexity index is 1060. The molecule has 1 saturated heterocycles. The Labute approximate surface area is 194 Å². The summed E-state index contributed by atoms with van der Waals surface area (Å²) in [6, 6.07) is 11.8. The van der Waals surface area contributed by atoms with Gasteiger partial charge in [-0.1, -0.05) is 48.3 Å². The van der Waals surface area contributed by atoms with Gasteiger partial charge in [0.15, 0.2) is 0 Å². The van der Waals surface area contributed by atoms with Crippen molar-refractivity contribution in [3.8, 4) is 5.75 Å². The lowest BCUT2D eigenvalue weighted by Gasteiger charge is -2.14. The number of halogens is 2. The first-order valence-electron chi connectivity index (χ1n) is 9.54. The zero-order valence-electron chi connectivity index (χ0n) is 16.9. The number of carbonyl (C=O) groups is 3. The number of carbonyl (C=O) groups excluding carboxylic acids is 3. The van der Waals surface area contributed by atoms with Crippen LogP contribution >= 0.6 is 35.0 Å². The molecule has 31 heavy (non-hydrogen) atoms. The van der Waals surface area contributed by atoms with Gasteiger partial charge in [0.05, 0.1) is 26.7 Å². The third-order valence-electron chi connectivity index (χ3n) is 4.48. The minimum absolute atomic E-state index is 0.0248. The van der Waals surface area contributed by atoms with Crippen molar-refractivity contribution in [2.45, 2.75) is 26.4 Å². The molecule has 9 heteroatoms. The number of para-hydroxylation sites is 1. The van der Waals surface area contributed by atoms with E-state index in [1.54, 1.807) is 48.5 Å². The third-order valence-corrected chi connectivity index (χ3v) is 6.01. The Morgan fingerprint density at radius 3 is 2.61 bits per heavy atom. The zero-order valence-corrected chi connectivity index (χ0v) is 19.2. The molecule has 0 unspecified atom stereocenters. The first-order chi connectivity index (χ1) is 14.8. The second-order valence-electron chi connectivity index (χ2n) is 6.82. The fraction of sp³-hybridized carbons (Fsp3) is 0.227. The average Bonchev–Trinajstić information content (AvgIpc) is 2.99. The van der Waals surface area contributed by atoms with Gasteiger partial charge in [0, 0.05) is 0 Å². The van der Waals surface area contributed by atoms with Gasteiger partial charge in [0.25, 0.3) is 11.1 Å². The standard InChI is InChI=1S/C22H20Cl2N2O4S/c1-3-13(2)30-18-9-8-14(10-16(18)24)11-19-21(28)26(22(29)31-19)12-20(27)25-17-7-5-4-6-15(17)23/h4-11,13H,3,12H2,1-2H3,(H,25,27)/b19-11+/t13-/m0/s1. The molecule has 1 heterocycles. The molecule has 1 aliphatic rings. The van der Waals surface area contributed by atoms with E-state index >= 15 is 0 Å². The predicted molar refractivity (Wildman–Crippen MR) is 125 cm³/mol. The number of benzene rings is 2. The van der Waals surface area contributed by atoms with Crippen LogP contribution < -0.4 is 10.1 Å². The molecule has 0 aliphatic carbocycles. The van der Waals surface area contributed by atoms with Crippen molar-refractivity contribution in [2.75, 3.05) is 11.9 Å². The molecule has 1 N–H and O–H groups in total. The van der Waals surface area contributed by atoms with E-state index in [9.17, 15) is 14.4 Å². The number of rotatable bonds is 7. The second kappa shape index (κ2) is 10.2. The Hall–Kier alpha value is -2.48. The summed E-state index contributed by atoms with van der Waals surface area (Å²) < 4.78 is 5.73. The largest absolute Gasteiger partial charge is 0.489 e. The molecule has 162 valence electrons. The van der Waals surface area contributed by atoms with Crippen LogP contribution in [0.1, 0.15) is 25.8 Å². The third kappa shape index (κ3) is 5.81. The van der Waals surface area contributed by atoms with Crippen LogP contribution in [0, 0.1) is 0 Å². The van der Waals surface area contributed by atoms with Gasteiger partial charge in [-0.2, -0.15) is 0 Å². The maximum absolute atomic E-state index is 12.7. The molecule has 0 spiro atoms. The van der Waals surface area contributed by atoms with Crippen molar-refractivity contribution in [3.05, 3.63) is 63.0 Å². The number of amides is 3. The number of imide groups is 1. The highest BCUT2D eigenvalue weighted by atomic mass is 35.5. The summed E-state index contributed by atoms with van der Waals surface area (Å²) in [7, 11) is 0. The number of thioether (sulfide) groups is 1. The van der Waals surface area contributed by atoms with E-state index < -0.39 is 23.6 Å². The smallest absolute Gasteiger partial charge is 0.294 e. The topological polar surface area (TPSA) is 75.7 Å². The summed E-state index contributed by atoms with van der Waals surface area (Å²) in [5.74, 6) is -0.510. The average molecular weight is 479 g/mol. The van der Waals surface area contributed by atoms with Crippen LogP contribution in [0.5, 0.6) is 5.75 Å². The summed E-state index contributed by atoms with van der Waals surface area (Å²) >= 11 is 13.1. The highest BCUT2D eigenvalue weighted by Gasteiger charge is 2.36. The highest BCUT2D eigenvalue weighted by Crippen LogP contribution is 2.34. The summed E-state index contributed by atoms with van der Waals surface area (Å²) in [6.07, 6.45) is 2.43. The van der Waals surface area contributed by atoms with Crippen LogP contribution in [0.3, 0.4) is 0 Å². The van der Waals surface area contributed by atoms with E-state index in [4.69, 9.17) is 27.9 Å². The Kier molecular flexibility index (Phi) is 7.64. The van der Waals surface area contributed by atoms with Crippen molar-refractivity contribution < 1.29 is 19.1 Å². The lowest BCUT2D eigenvalue weighted by atomic mass is 10.2. The zero-order chi connectivity index (χ0) is 22.5. The quantitative estimate of drug-likeness (QED) is 0.505. The van der Waals surface area contributed by atoms with Crippen LogP contribution in [0.4, 0.5) is 10.5 Å². The molecule has 0 bridgehead atoms. The van der Waals surface area contributed by atoms with Crippen LogP contribution in [-0.4, -0.2) is 34.6 Å². The lowest BCUT2D eigenvalue weighted by Crippen LogP contribution is -2.36. The molecule has 2 aromatic rings. The first-order valence-corrected chi connectivity index (χ1v) is 11.1. The number of ether oxygens (including phenoxy) is 1. The van der Waals surface area contributed by atoms with Gasteiger partial charge in [-0.25, -0.2) is 0 Å². The predicted octanol–water partition coefficient (Wildman–Crippen LogP) is 5.85. The van der Waals surface area contributed by atoms with Crippen molar-refractivity contribution in [3.63, 3.8) is 0 Å². The summed E-state index contributed by atoms with van der Waals surface area (Å²) in [4.78, 5) is 38.4. The molecular weight excluding hydrogens is 459 g/mol. The number of hydrogen-bond acceptors (Lipinski definition) is 5. The van der Waals surface area contributed by atoms with E-state index in [1.807, 2.05) is 13.8 Å². The SMILES string of the molecule is CC[C@H](C)Oc1ccc(/C=C2/SC(=O)N(CC(=O)Nc3ccccc3Cl)C2=O)cc1Cl. The summed E-state index contributed by atoms with van der Waals surface area (Å²) in [6.45, 7) is 3.55. The van der Waals surface area contributed by atoms with Crippen LogP contribution in [-0.2, 0) is 9.59 Å². The molecule has 6 nitrogen and oxygen atoms in total. The van der Waals surface area contributed by atoms with Crippen LogP contribution in [0.15, 0.2) is 47.4 Å². The van der Waals surface area contributed by atoms with Gasteiger partial charge in [-0.15, -0.1) is 0 Å². The fourth-order valence-corrected chi connectivity index (χ4v) is 3.94. The molecule has 1 aliphatic heterocycles. The monoisotopic (exact) mass is 478 g/mol.